The van der Waals surface area contributed by atoms with Crippen LogP contribution in [0.5, 0.6) is 0 Å². The number of aldehydes is 1. The van der Waals surface area contributed by atoms with Crippen molar-refractivity contribution in [3.63, 3.8) is 0 Å². The van der Waals surface area contributed by atoms with Crippen LogP contribution in [0.3, 0.4) is 0 Å². The summed E-state index contributed by atoms with van der Waals surface area (Å²) in [5.74, 6) is 0. The van der Waals surface area contributed by atoms with E-state index in [1.54, 1.807) is 28.9 Å². The van der Waals surface area contributed by atoms with Crippen LogP contribution in [0.15, 0.2) is 24.5 Å². The first kappa shape index (κ1) is 10.2. The SMILES string of the molecule is O=Cc1ccc2nc(CNC(=O)O)cn2c1. The van der Waals surface area contributed by atoms with Crippen LogP contribution >= 0.6 is 0 Å². The van der Waals surface area contributed by atoms with Crippen molar-refractivity contribution in [1.82, 2.24) is 14.7 Å². The Hall–Kier alpha value is -2.37. The molecule has 0 radical (unpaired) electrons. The maximum atomic E-state index is 10.5. The van der Waals surface area contributed by atoms with Crippen molar-refractivity contribution in [2.24, 2.45) is 0 Å². The Morgan fingerprint density at radius 1 is 1.50 bits per heavy atom. The number of amides is 1. The Kier molecular flexibility index (Phi) is 2.55. The minimum Gasteiger partial charge on any atom is -0.465 e. The van der Waals surface area contributed by atoms with Crippen molar-refractivity contribution in [3.8, 4) is 0 Å². The van der Waals surface area contributed by atoms with E-state index < -0.39 is 6.09 Å². The molecule has 0 aliphatic heterocycles. The lowest BCUT2D eigenvalue weighted by atomic mass is 10.3. The normalized spacial score (nSPS) is 10.2. The minimum atomic E-state index is -1.09. The van der Waals surface area contributed by atoms with E-state index in [1.165, 1.54) is 0 Å². The van der Waals surface area contributed by atoms with Crippen LogP contribution in [0.1, 0.15) is 16.1 Å². The van der Waals surface area contributed by atoms with E-state index in [2.05, 4.69) is 10.3 Å². The van der Waals surface area contributed by atoms with E-state index >= 15 is 0 Å². The van der Waals surface area contributed by atoms with Crippen molar-refractivity contribution >= 4 is 18.0 Å². The number of carbonyl (C=O) groups is 2. The second-order valence-electron chi connectivity index (χ2n) is 3.24. The number of pyridine rings is 1. The first-order chi connectivity index (χ1) is 7.69. The molecule has 0 aliphatic carbocycles. The Bertz CT molecular complexity index is 547. The minimum absolute atomic E-state index is 0.146. The average molecular weight is 219 g/mol. The molecule has 0 saturated carbocycles. The van der Waals surface area contributed by atoms with Crippen LogP contribution in [0.4, 0.5) is 4.79 Å². The van der Waals surface area contributed by atoms with Crippen molar-refractivity contribution in [3.05, 3.63) is 35.8 Å². The van der Waals surface area contributed by atoms with Gasteiger partial charge in [-0.1, -0.05) is 0 Å². The lowest BCUT2D eigenvalue weighted by molar-refractivity contribution is 0.112. The van der Waals surface area contributed by atoms with Crippen molar-refractivity contribution < 1.29 is 14.7 Å². The lowest BCUT2D eigenvalue weighted by Crippen LogP contribution is -2.19. The van der Waals surface area contributed by atoms with E-state index in [1.807, 2.05) is 0 Å². The molecule has 0 spiro atoms. The van der Waals surface area contributed by atoms with Crippen LogP contribution in [-0.4, -0.2) is 26.9 Å². The number of nitrogens with zero attached hydrogens (tertiary/aromatic N) is 2. The first-order valence-electron chi connectivity index (χ1n) is 4.58. The Labute approximate surface area is 90.5 Å². The zero-order valence-corrected chi connectivity index (χ0v) is 8.25. The second-order valence-corrected chi connectivity index (χ2v) is 3.24. The molecular weight excluding hydrogens is 210 g/mol. The predicted octanol–water partition coefficient (Wildman–Crippen LogP) is 0.914. The highest BCUT2D eigenvalue weighted by Crippen LogP contribution is 2.06. The molecule has 2 aromatic rings. The largest absolute Gasteiger partial charge is 0.465 e. The number of aromatic nitrogens is 2. The number of carboxylic acid groups (broad SMARTS) is 1. The molecule has 1 amide bonds. The number of hydrogen-bond donors (Lipinski definition) is 2. The molecule has 0 unspecified atom stereocenters. The van der Waals surface area contributed by atoms with Crippen LogP contribution < -0.4 is 5.32 Å². The second kappa shape index (κ2) is 4.01. The average Bonchev–Trinajstić information content (AvgIpc) is 2.67. The molecule has 6 nitrogen and oxygen atoms in total. The van der Waals surface area contributed by atoms with E-state index in [-0.39, 0.29) is 6.54 Å². The summed E-state index contributed by atoms with van der Waals surface area (Å²) in [6.45, 7) is 0.146. The number of carbonyl (C=O) groups excluding carboxylic acids is 1. The van der Waals surface area contributed by atoms with E-state index in [9.17, 15) is 9.59 Å². The molecule has 2 N–H and O–H groups in total. The van der Waals surface area contributed by atoms with Gasteiger partial charge >= 0.3 is 6.09 Å². The summed E-state index contributed by atoms with van der Waals surface area (Å²) in [6.07, 6.45) is 2.97. The van der Waals surface area contributed by atoms with Crippen molar-refractivity contribution in [1.29, 1.82) is 0 Å². The van der Waals surface area contributed by atoms with Crippen LogP contribution in [0, 0.1) is 0 Å². The van der Waals surface area contributed by atoms with Gasteiger partial charge in [0.25, 0.3) is 0 Å². The molecule has 0 aliphatic rings. The van der Waals surface area contributed by atoms with Gasteiger partial charge in [-0.2, -0.15) is 0 Å². The summed E-state index contributed by atoms with van der Waals surface area (Å²) in [7, 11) is 0. The van der Waals surface area contributed by atoms with Gasteiger partial charge in [-0.15, -0.1) is 0 Å². The van der Waals surface area contributed by atoms with Gasteiger partial charge in [0.2, 0.25) is 0 Å². The van der Waals surface area contributed by atoms with Gasteiger partial charge in [-0.05, 0) is 12.1 Å². The highest BCUT2D eigenvalue weighted by atomic mass is 16.4. The predicted molar refractivity (Wildman–Crippen MR) is 55.4 cm³/mol. The van der Waals surface area contributed by atoms with Gasteiger partial charge in [-0.3, -0.25) is 4.79 Å². The van der Waals surface area contributed by atoms with Gasteiger partial charge in [0.1, 0.15) is 5.65 Å². The van der Waals surface area contributed by atoms with Gasteiger partial charge in [-0.25, -0.2) is 9.78 Å². The van der Waals surface area contributed by atoms with Gasteiger partial charge in [0, 0.05) is 18.0 Å². The number of nitrogens with one attached hydrogen (secondary N) is 1. The number of hydrogen-bond acceptors (Lipinski definition) is 3. The summed E-state index contributed by atoms with van der Waals surface area (Å²) in [4.78, 5) is 25.0. The highest BCUT2D eigenvalue weighted by molar-refractivity contribution is 5.74. The maximum Gasteiger partial charge on any atom is 0.404 e. The maximum absolute atomic E-state index is 10.5. The molecule has 82 valence electrons. The summed E-state index contributed by atoms with van der Waals surface area (Å²) in [6, 6.07) is 3.36. The number of fused-ring (bicyclic) bond motifs is 1. The zero-order chi connectivity index (χ0) is 11.5. The molecule has 16 heavy (non-hydrogen) atoms. The first-order valence-corrected chi connectivity index (χ1v) is 4.58. The molecular formula is C10H9N3O3. The molecule has 0 bridgehead atoms. The highest BCUT2D eigenvalue weighted by Gasteiger charge is 2.03. The third-order valence-corrected chi connectivity index (χ3v) is 2.08. The molecule has 0 aromatic carbocycles. The van der Waals surface area contributed by atoms with Crippen LogP contribution in [0.2, 0.25) is 0 Å². The van der Waals surface area contributed by atoms with E-state index in [0.29, 0.717) is 16.9 Å². The third-order valence-electron chi connectivity index (χ3n) is 2.08. The molecule has 2 rings (SSSR count). The third kappa shape index (κ3) is 2.00. The van der Waals surface area contributed by atoms with Crippen LogP contribution in [0.25, 0.3) is 5.65 Å². The number of imidazole rings is 1. The van der Waals surface area contributed by atoms with Crippen molar-refractivity contribution in [2.45, 2.75) is 6.54 Å². The fraction of sp³-hybridized carbons (Fsp3) is 0.100. The van der Waals surface area contributed by atoms with Crippen LogP contribution in [-0.2, 0) is 6.54 Å². The molecule has 2 aromatic heterocycles. The molecule has 0 saturated heterocycles. The smallest absolute Gasteiger partial charge is 0.404 e. The summed E-state index contributed by atoms with van der Waals surface area (Å²) in [5, 5.41) is 10.7. The monoisotopic (exact) mass is 219 g/mol. The van der Waals surface area contributed by atoms with E-state index in [0.717, 1.165) is 6.29 Å². The number of rotatable bonds is 3. The lowest BCUT2D eigenvalue weighted by Gasteiger charge is -1.94. The van der Waals surface area contributed by atoms with E-state index in [4.69, 9.17) is 5.11 Å². The fourth-order valence-corrected chi connectivity index (χ4v) is 1.38. The Morgan fingerprint density at radius 2 is 2.31 bits per heavy atom. The van der Waals surface area contributed by atoms with Gasteiger partial charge in [0.05, 0.1) is 12.2 Å². The van der Waals surface area contributed by atoms with Crippen molar-refractivity contribution in [2.75, 3.05) is 0 Å². The molecule has 0 fully saturated rings. The molecule has 2 heterocycles. The topological polar surface area (TPSA) is 83.7 Å². The van der Waals surface area contributed by atoms with Gasteiger partial charge < -0.3 is 14.8 Å². The summed E-state index contributed by atoms with van der Waals surface area (Å²) >= 11 is 0. The summed E-state index contributed by atoms with van der Waals surface area (Å²) in [5.41, 5.74) is 1.82. The molecule has 0 atom stereocenters. The standard InChI is InChI=1S/C10H9N3O3/c14-6-7-1-2-9-12-8(3-11-10(15)16)5-13(9)4-7/h1-2,4-6,11H,3H2,(H,15,16). The fourth-order valence-electron chi connectivity index (χ4n) is 1.38. The summed E-state index contributed by atoms with van der Waals surface area (Å²) < 4.78 is 1.68. The van der Waals surface area contributed by atoms with Gasteiger partial charge in [0.15, 0.2) is 6.29 Å². The quantitative estimate of drug-likeness (QED) is 0.751. The Balaban J connectivity index is 2.29. The Morgan fingerprint density at radius 3 is 3.00 bits per heavy atom. The zero-order valence-electron chi connectivity index (χ0n) is 8.25. The molecule has 6 heteroatoms.